The summed E-state index contributed by atoms with van der Waals surface area (Å²) in [5.74, 6) is 0.906. The number of para-hydroxylation sites is 1. The van der Waals surface area contributed by atoms with Crippen LogP contribution < -0.4 is 10.2 Å². The summed E-state index contributed by atoms with van der Waals surface area (Å²) in [5.41, 5.74) is 1.72. The lowest BCUT2D eigenvalue weighted by atomic mass is 10.1. The van der Waals surface area contributed by atoms with E-state index in [1.807, 2.05) is 39.0 Å². The van der Waals surface area contributed by atoms with Gasteiger partial charge in [-0.25, -0.2) is 4.79 Å². The minimum atomic E-state index is -0.474. The van der Waals surface area contributed by atoms with Crippen molar-refractivity contribution in [2.45, 2.75) is 32.9 Å². The number of anilines is 1. The number of hydrogen-bond acceptors (Lipinski definition) is 4. The molecule has 108 valence electrons. The molecule has 0 unspecified atom stereocenters. The summed E-state index contributed by atoms with van der Waals surface area (Å²) in [6.45, 7) is 6.02. The van der Waals surface area contributed by atoms with Crippen molar-refractivity contribution in [3.05, 3.63) is 41.4 Å². The van der Waals surface area contributed by atoms with E-state index in [9.17, 15) is 4.79 Å². The maximum atomic E-state index is 11.7. The van der Waals surface area contributed by atoms with Crippen LogP contribution in [-0.2, 0) is 11.3 Å². The molecule has 1 aromatic rings. The van der Waals surface area contributed by atoms with Crippen LogP contribution in [0.1, 0.15) is 26.3 Å². The van der Waals surface area contributed by atoms with E-state index in [0.29, 0.717) is 6.54 Å². The largest absolute Gasteiger partial charge is 0.444 e. The van der Waals surface area contributed by atoms with Crippen LogP contribution >= 0.6 is 11.8 Å². The lowest BCUT2D eigenvalue weighted by molar-refractivity contribution is 0.0523. The van der Waals surface area contributed by atoms with Crippen LogP contribution in [0.4, 0.5) is 10.5 Å². The first-order chi connectivity index (χ1) is 9.46. The van der Waals surface area contributed by atoms with Gasteiger partial charge in [-0.2, -0.15) is 0 Å². The molecule has 0 bridgehead atoms. The molecule has 0 radical (unpaired) electrons. The van der Waals surface area contributed by atoms with Gasteiger partial charge in [0.25, 0.3) is 0 Å². The van der Waals surface area contributed by atoms with Crippen LogP contribution in [0.3, 0.4) is 0 Å². The Hall–Kier alpha value is -1.62. The average molecular weight is 292 g/mol. The Labute approximate surface area is 124 Å². The second-order valence-corrected chi connectivity index (χ2v) is 6.40. The molecule has 0 saturated heterocycles. The molecule has 20 heavy (non-hydrogen) atoms. The topological polar surface area (TPSA) is 41.6 Å². The van der Waals surface area contributed by atoms with Crippen LogP contribution in [0.15, 0.2) is 35.9 Å². The van der Waals surface area contributed by atoms with Crippen LogP contribution in [0.5, 0.6) is 0 Å². The van der Waals surface area contributed by atoms with E-state index in [1.165, 1.54) is 0 Å². The number of hydrogen-bond donors (Lipinski definition) is 1. The molecule has 0 atom stereocenters. The number of benzene rings is 1. The van der Waals surface area contributed by atoms with Gasteiger partial charge >= 0.3 is 6.09 Å². The molecule has 1 aromatic carbocycles. The van der Waals surface area contributed by atoms with Gasteiger partial charge in [-0.3, -0.25) is 0 Å². The monoisotopic (exact) mass is 292 g/mol. The summed E-state index contributed by atoms with van der Waals surface area (Å²) < 4.78 is 5.24. The molecule has 4 nitrogen and oxygen atoms in total. The Morgan fingerprint density at radius 3 is 2.80 bits per heavy atom. The Morgan fingerprint density at radius 2 is 2.15 bits per heavy atom. The van der Waals surface area contributed by atoms with Crippen molar-refractivity contribution in [3.8, 4) is 0 Å². The zero-order chi connectivity index (χ0) is 14.6. The highest BCUT2D eigenvalue weighted by Gasteiger charge is 2.17. The Kier molecular flexibility index (Phi) is 4.60. The highest BCUT2D eigenvalue weighted by atomic mass is 32.2. The molecule has 0 aromatic heterocycles. The van der Waals surface area contributed by atoms with E-state index in [1.54, 1.807) is 11.8 Å². The predicted molar refractivity (Wildman–Crippen MR) is 83.6 cm³/mol. The highest BCUT2D eigenvalue weighted by Crippen LogP contribution is 2.27. The highest BCUT2D eigenvalue weighted by molar-refractivity contribution is 8.02. The fraction of sp³-hybridized carbons (Fsp3) is 0.400. The number of ether oxygens (including phenoxy) is 1. The molecule has 5 heteroatoms. The van der Waals surface area contributed by atoms with Gasteiger partial charge in [-0.05, 0) is 37.8 Å². The van der Waals surface area contributed by atoms with E-state index < -0.39 is 11.7 Å². The van der Waals surface area contributed by atoms with E-state index in [4.69, 9.17) is 4.74 Å². The third-order valence-corrected chi connectivity index (χ3v) is 3.42. The van der Waals surface area contributed by atoms with Crippen molar-refractivity contribution in [1.82, 2.24) is 5.32 Å². The first kappa shape index (κ1) is 14.8. The molecule has 0 saturated carbocycles. The number of thioether (sulfide) groups is 1. The summed E-state index contributed by atoms with van der Waals surface area (Å²) in [6, 6.07) is 8.05. The van der Waals surface area contributed by atoms with Gasteiger partial charge in [0, 0.05) is 18.4 Å². The van der Waals surface area contributed by atoms with Gasteiger partial charge in [-0.15, -0.1) is 11.8 Å². The first-order valence-corrected chi connectivity index (χ1v) is 7.60. The molecular formula is C15H20N2O2S. The molecule has 0 fully saturated rings. The fourth-order valence-electron chi connectivity index (χ4n) is 1.85. The maximum Gasteiger partial charge on any atom is 0.407 e. The summed E-state index contributed by atoms with van der Waals surface area (Å²) >= 11 is 1.75. The SMILES string of the molecule is CC(C)(C)OC(=O)NCc1ccccc1N1C=CSC1. The summed E-state index contributed by atoms with van der Waals surface area (Å²) in [6.07, 6.45) is 1.66. The standard InChI is InChI=1S/C15H20N2O2S/c1-15(2,3)19-14(18)16-10-12-6-4-5-7-13(12)17-8-9-20-11-17/h4-9H,10-11H2,1-3H3,(H,16,18). The second-order valence-electron chi connectivity index (χ2n) is 5.53. The summed E-state index contributed by atoms with van der Waals surface area (Å²) in [5, 5.41) is 4.87. The van der Waals surface area contributed by atoms with Gasteiger partial charge in [0.15, 0.2) is 0 Å². The first-order valence-electron chi connectivity index (χ1n) is 6.55. The maximum absolute atomic E-state index is 11.7. The molecule has 0 aliphatic carbocycles. The Morgan fingerprint density at radius 1 is 1.40 bits per heavy atom. The molecular weight excluding hydrogens is 272 g/mol. The number of nitrogens with one attached hydrogen (secondary N) is 1. The number of rotatable bonds is 3. The van der Waals surface area contributed by atoms with Crippen molar-refractivity contribution >= 4 is 23.5 Å². The molecule has 2 rings (SSSR count). The van der Waals surface area contributed by atoms with Crippen molar-refractivity contribution in [3.63, 3.8) is 0 Å². The predicted octanol–water partition coefficient (Wildman–Crippen LogP) is 3.69. The molecule has 1 amide bonds. The normalized spacial score (nSPS) is 14.4. The van der Waals surface area contributed by atoms with E-state index in [0.717, 1.165) is 17.1 Å². The average Bonchev–Trinajstić information content (AvgIpc) is 2.88. The lowest BCUT2D eigenvalue weighted by Crippen LogP contribution is -2.32. The number of carbonyl (C=O) groups is 1. The Balaban J connectivity index is 1.99. The molecule has 1 N–H and O–H groups in total. The van der Waals surface area contributed by atoms with Crippen molar-refractivity contribution in [2.75, 3.05) is 10.8 Å². The summed E-state index contributed by atoms with van der Waals surface area (Å²) in [7, 11) is 0. The minimum Gasteiger partial charge on any atom is -0.444 e. The van der Waals surface area contributed by atoms with Gasteiger partial charge in [0.05, 0.1) is 5.88 Å². The zero-order valence-corrected chi connectivity index (χ0v) is 12.9. The quantitative estimate of drug-likeness (QED) is 0.922. The molecule has 0 spiro atoms. The van der Waals surface area contributed by atoms with Gasteiger partial charge in [0.1, 0.15) is 5.60 Å². The number of amides is 1. The third kappa shape index (κ3) is 4.20. The lowest BCUT2D eigenvalue weighted by Gasteiger charge is -2.21. The van der Waals surface area contributed by atoms with Crippen molar-refractivity contribution in [1.29, 1.82) is 0 Å². The van der Waals surface area contributed by atoms with Crippen LogP contribution in [-0.4, -0.2) is 17.6 Å². The molecule has 1 aliphatic heterocycles. The zero-order valence-electron chi connectivity index (χ0n) is 12.1. The van der Waals surface area contributed by atoms with Crippen molar-refractivity contribution in [2.24, 2.45) is 0 Å². The van der Waals surface area contributed by atoms with Crippen molar-refractivity contribution < 1.29 is 9.53 Å². The number of alkyl carbamates (subject to hydrolysis) is 1. The smallest absolute Gasteiger partial charge is 0.407 e. The minimum absolute atomic E-state index is 0.390. The van der Waals surface area contributed by atoms with E-state index in [-0.39, 0.29) is 0 Å². The summed E-state index contributed by atoms with van der Waals surface area (Å²) in [4.78, 5) is 13.9. The second kappa shape index (κ2) is 6.22. The Bertz CT molecular complexity index is 509. The van der Waals surface area contributed by atoms with E-state index in [2.05, 4.69) is 27.9 Å². The van der Waals surface area contributed by atoms with Gasteiger partial charge < -0.3 is 15.0 Å². The van der Waals surface area contributed by atoms with Gasteiger partial charge in [-0.1, -0.05) is 18.2 Å². The molecule has 1 aliphatic rings. The van der Waals surface area contributed by atoms with Crippen LogP contribution in [0.25, 0.3) is 0 Å². The number of carbonyl (C=O) groups excluding carboxylic acids is 1. The van der Waals surface area contributed by atoms with Crippen LogP contribution in [0, 0.1) is 0 Å². The molecule has 1 heterocycles. The number of nitrogens with zero attached hydrogens (tertiary/aromatic N) is 1. The van der Waals surface area contributed by atoms with E-state index >= 15 is 0 Å². The van der Waals surface area contributed by atoms with Gasteiger partial charge in [0.2, 0.25) is 0 Å². The fourth-order valence-corrected chi connectivity index (χ4v) is 2.56. The third-order valence-electron chi connectivity index (χ3n) is 2.67. The van der Waals surface area contributed by atoms with Crippen LogP contribution in [0.2, 0.25) is 0 Å².